The van der Waals surface area contributed by atoms with Crippen LogP contribution in [-0.2, 0) is 9.59 Å². The highest BCUT2D eigenvalue weighted by atomic mass is 19.1. The van der Waals surface area contributed by atoms with Crippen molar-refractivity contribution in [2.24, 2.45) is 0 Å². The van der Waals surface area contributed by atoms with Gasteiger partial charge in [0.05, 0.1) is 0 Å². The highest BCUT2D eigenvalue weighted by molar-refractivity contribution is 6.08. The van der Waals surface area contributed by atoms with E-state index in [2.05, 4.69) is 10.6 Å². The van der Waals surface area contributed by atoms with Crippen molar-refractivity contribution in [2.45, 2.75) is 20.3 Å². The minimum absolute atomic E-state index is 0.301. The molecule has 0 aliphatic heterocycles. The lowest BCUT2D eigenvalue weighted by Crippen LogP contribution is -2.21. The van der Waals surface area contributed by atoms with Crippen molar-refractivity contribution < 1.29 is 14.0 Å². The molecule has 0 aliphatic carbocycles. The third-order valence-corrected chi connectivity index (χ3v) is 3.24. The molecule has 0 atom stereocenters. The lowest BCUT2D eigenvalue weighted by molar-refractivity contribution is -0.123. The number of carbonyl (C=O) groups is 2. The largest absolute Gasteiger partial charge is 0.326 e. The van der Waals surface area contributed by atoms with Gasteiger partial charge in [0, 0.05) is 11.4 Å². The average Bonchev–Trinajstić information content (AvgIpc) is 2.45. The van der Waals surface area contributed by atoms with Gasteiger partial charge < -0.3 is 10.6 Å². The summed E-state index contributed by atoms with van der Waals surface area (Å²) >= 11 is 0. The number of hydrogen-bond acceptors (Lipinski definition) is 2. The second kappa shape index (κ2) is 6.85. The van der Waals surface area contributed by atoms with Crippen LogP contribution >= 0.6 is 0 Å². The van der Waals surface area contributed by atoms with Crippen molar-refractivity contribution in [3.63, 3.8) is 0 Å². The Hall–Kier alpha value is -2.69. The smallest absolute Gasteiger partial charge is 0.233 e. The van der Waals surface area contributed by atoms with Gasteiger partial charge in [0.2, 0.25) is 11.8 Å². The molecule has 2 rings (SSSR count). The van der Waals surface area contributed by atoms with Crippen LogP contribution in [0.1, 0.15) is 17.5 Å². The molecule has 0 fully saturated rings. The van der Waals surface area contributed by atoms with E-state index in [0.717, 1.165) is 11.1 Å². The van der Waals surface area contributed by atoms with Crippen LogP contribution < -0.4 is 10.6 Å². The van der Waals surface area contributed by atoms with Gasteiger partial charge in [-0.25, -0.2) is 4.39 Å². The molecule has 5 heteroatoms. The van der Waals surface area contributed by atoms with Crippen LogP contribution in [0.3, 0.4) is 0 Å². The van der Waals surface area contributed by atoms with Crippen LogP contribution in [0.25, 0.3) is 0 Å². The fourth-order valence-electron chi connectivity index (χ4n) is 1.91. The molecule has 0 saturated heterocycles. The summed E-state index contributed by atoms with van der Waals surface area (Å²) in [4.78, 5) is 23.6. The number of nitrogens with one attached hydrogen (secondary N) is 2. The number of benzene rings is 2. The highest BCUT2D eigenvalue weighted by Crippen LogP contribution is 2.14. The summed E-state index contributed by atoms with van der Waals surface area (Å²) in [7, 11) is 0. The van der Waals surface area contributed by atoms with Gasteiger partial charge in [-0.2, -0.15) is 0 Å². The number of rotatable bonds is 4. The highest BCUT2D eigenvalue weighted by Gasteiger charge is 2.10. The van der Waals surface area contributed by atoms with Gasteiger partial charge in [0.25, 0.3) is 0 Å². The quantitative estimate of drug-likeness (QED) is 0.850. The van der Waals surface area contributed by atoms with Gasteiger partial charge >= 0.3 is 0 Å². The molecule has 114 valence electrons. The minimum atomic E-state index is -0.451. The van der Waals surface area contributed by atoms with E-state index in [9.17, 15) is 14.0 Å². The maximum absolute atomic E-state index is 12.8. The van der Waals surface area contributed by atoms with E-state index in [-0.39, 0.29) is 12.2 Å². The second-order valence-corrected chi connectivity index (χ2v) is 5.08. The summed E-state index contributed by atoms with van der Waals surface area (Å²) in [5.41, 5.74) is 3.30. The van der Waals surface area contributed by atoms with Crippen molar-refractivity contribution in [1.29, 1.82) is 0 Å². The van der Waals surface area contributed by atoms with Gasteiger partial charge in [0.1, 0.15) is 12.2 Å². The van der Waals surface area contributed by atoms with Crippen LogP contribution in [0, 0.1) is 19.7 Å². The zero-order chi connectivity index (χ0) is 16.1. The Morgan fingerprint density at radius 1 is 0.864 bits per heavy atom. The summed E-state index contributed by atoms with van der Waals surface area (Å²) in [6.07, 6.45) is -0.301. The van der Waals surface area contributed by atoms with E-state index < -0.39 is 11.8 Å². The summed E-state index contributed by atoms with van der Waals surface area (Å²) in [6.45, 7) is 3.93. The Bertz CT molecular complexity index is 696. The molecule has 2 aromatic carbocycles. The maximum Gasteiger partial charge on any atom is 0.233 e. The predicted octanol–water partition coefficient (Wildman–Crippen LogP) is 3.41. The number of anilines is 2. The zero-order valence-electron chi connectivity index (χ0n) is 12.4. The number of aryl methyl sites for hydroxylation is 2. The summed E-state index contributed by atoms with van der Waals surface area (Å²) in [5, 5.41) is 5.22. The first-order chi connectivity index (χ1) is 10.4. The third kappa shape index (κ3) is 4.41. The first kappa shape index (κ1) is 15.7. The van der Waals surface area contributed by atoms with E-state index in [4.69, 9.17) is 0 Å². The molecule has 2 aromatic rings. The van der Waals surface area contributed by atoms with Gasteiger partial charge in [-0.1, -0.05) is 6.07 Å². The zero-order valence-corrected chi connectivity index (χ0v) is 12.4. The Morgan fingerprint density at radius 2 is 1.41 bits per heavy atom. The van der Waals surface area contributed by atoms with E-state index >= 15 is 0 Å². The molecule has 0 aliphatic rings. The van der Waals surface area contributed by atoms with Gasteiger partial charge in [-0.15, -0.1) is 0 Å². The molecule has 0 aromatic heterocycles. The van der Waals surface area contributed by atoms with Crippen LogP contribution in [0.5, 0.6) is 0 Å². The van der Waals surface area contributed by atoms with Crippen molar-refractivity contribution in [2.75, 3.05) is 10.6 Å². The van der Waals surface area contributed by atoms with Crippen molar-refractivity contribution >= 4 is 23.2 Å². The van der Waals surface area contributed by atoms with E-state index in [1.54, 1.807) is 6.07 Å². The van der Waals surface area contributed by atoms with Crippen LogP contribution in [0.4, 0.5) is 15.8 Å². The molecule has 0 spiro atoms. The average molecular weight is 300 g/mol. The summed E-state index contributed by atoms with van der Waals surface area (Å²) < 4.78 is 12.8. The Kier molecular flexibility index (Phi) is 4.88. The standard InChI is InChI=1S/C17H17FN2O2/c1-11-3-6-15(9-12(11)2)20-17(22)10-16(21)19-14-7-4-13(18)5-8-14/h3-9H,10H2,1-2H3,(H,19,21)(H,20,22). The second-order valence-electron chi connectivity index (χ2n) is 5.08. The molecule has 0 heterocycles. The first-order valence-electron chi connectivity index (χ1n) is 6.86. The van der Waals surface area contributed by atoms with E-state index in [1.165, 1.54) is 24.3 Å². The molecule has 0 unspecified atom stereocenters. The normalized spacial score (nSPS) is 10.1. The van der Waals surface area contributed by atoms with Crippen molar-refractivity contribution in [3.8, 4) is 0 Å². The third-order valence-electron chi connectivity index (χ3n) is 3.24. The lowest BCUT2D eigenvalue weighted by Gasteiger charge is -2.08. The molecule has 4 nitrogen and oxygen atoms in total. The van der Waals surface area contributed by atoms with Crippen LogP contribution in [-0.4, -0.2) is 11.8 Å². The van der Waals surface area contributed by atoms with E-state index in [0.29, 0.717) is 11.4 Å². The fourth-order valence-corrected chi connectivity index (χ4v) is 1.91. The van der Waals surface area contributed by atoms with Gasteiger partial charge in [-0.3, -0.25) is 9.59 Å². The maximum atomic E-state index is 12.8. The van der Waals surface area contributed by atoms with Crippen LogP contribution in [0.2, 0.25) is 0 Å². The molecule has 2 amide bonds. The molecule has 2 N–H and O–H groups in total. The molecule has 0 bridgehead atoms. The number of halogens is 1. The van der Waals surface area contributed by atoms with Crippen molar-refractivity contribution in [1.82, 2.24) is 0 Å². The summed E-state index contributed by atoms with van der Waals surface area (Å²) in [5.74, 6) is -1.23. The fraction of sp³-hybridized carbons (Fsp3) is 0.176. The van der Waals surface area contributed by atoms with Gasteiger partial charge in [0.15, 0.2) is 0 Å². The monoisotopic (exact) mass is 300 g/mol. The SMILES string of the molecule is Cc1ccc(NC(=O)CC(=O)Nc2ccc(F)cc2)cc1C. The minimum Gasteiger partial charge on any atom is -0.326 e. The Labute approximate surface area is 128 Å². The predicted molar refractivity (Wildman–Crippen MR) is 84.2 cm³/mol. The summed E-state index contributed by atoms with van der Waals surface area (Å²) in [6, 6.07) is 10.9. The number of hydrogen-bond donors (Lipinski definition) is 2. The molecular weight excluding hydrogens is 283 g/mol. The van der Waals surface area contributed by atoms with Crippen molar-refractivity contribution in [3.05, 3.63) is 59.4 Å². The molecule has 0 radical (unpaired) electrons. The number of carbonyl (C=O) groups excluding carboxylic acids is 2. The molecule has 22 heavy (non-hydrogen) atoms. The Morgan fingerprint density at radius 3 is 2.00 bits per heavy atom. The first-order valence-corrected chi connectivity index (χ1v) is 6.86. The van der Waals surface area contributed by atoms with Crippen LogP contribution in [0.15, 0.2) is 42.5 Å². The van der Waals surface area contributed by atoms with Gasteiger partial charge in [-0.05, 0) is 61.4 Å². The topological polar surface area (TPSA) is 58.2 Å². The number of amides is 2. The molecular formula is C17H17FN2O2. The Balaban J connectivity index is 1.89. The van der Waals surface area contributed by atoms with E-state index in [1.807, 2.05) is 26.0 Å². The molecule has 0 saturated carbocycles. The lowest BCUT2D eigenvalue weighted by atomic mass is 10.1.